The van der Waals surface area contributed by atoms with E-state index in [0.717, 1.165) is 108 Å². The minimum absolute atomic E-state index is 0.106. The number of carbonyl (C=O) groups excluding carboxylic acids is 4. The van der Waals surface area contributed by atoms with E-state index in [9.17, 15) is 43.2 Å². The van der Waals surface area contributed by atoms with Crippen molar-refractivity contribution in [2.45, 2.75) is 458 Å². The van der Waals surface area contributed by atoms with Crippen LogP contribution in [0.15, 0.2) is 0 Å². The number of hydrogen-bond acceptors (Lipinski definition) is 15. The second kappa shape index (κ2) is 74.5. The summed E-state index contributed by atoms with van der Waals surface area (Å²) in [5.74, 6) is -0.574. The molecule has 0 fully saturated rings. The van der Waals surface area contributed by atoms with Crippen molar-refractivity contribution in [3.63, 3.8) is 0 Å². The molecule has 0 aliphatic carbocycles. The maximum atomic E-state index is 13.1. The minimum Gasteiger partial charge on any atom is -0.462 e. The highest BCUT2D eigenvalue weighted by molar-refractivity contribution is 7.47. The van der Waals surface area contributed by atoms with Gasteiger partial charge in [-0.2, -0.15) is 0 Å². The molecule has 0 bridgehead atoms. The number of unbranched alkanes of at least 4 members (excludes halogenated alkanes) is 50. The van der Waals surface area contributed by atoms with Crippen molar-refractivity contribution in [3.05, 3.63) is 0 Å². The van der Waals surface area contributed by atoms with Gasteiger partial charge in [0.05, 0.1) is 26.4 Å². The molecular weight excluding hydrogens is 1330 g/mol. The Bertz CT molecular complexity index is 1960. The van der Waals surface area contributed by atoms with Crippen LogP contribution < -0.4 is 0 Å². The Morgan fingerprint density at radius 1 is 0.275 bits per heavy atom. The molecule has 4 unspecified atom stereocenters. The predicted molar refractivity (Wildman–Crippen MR) is 418 cm³/mol. The molecule has 0 aromatic rings. The van der Waals surface area contributed by atoms with E-state index in [-0.39, 0.29) is 25.7 Å². The fourth-order valence-electron chi connectivity index (χ4n) is 12.8. The van der Waals surface area contributed by atoms with Crippen molar-refractivity contribution in [1.82, 2.24) is 0 Å². The average molecular weight is 1490 g/mol. The third kappa shape index (κ3) is 73.6. The summed E-state index contributed by atoms with van der Waals surface area (Å²) in [5.41, 5.74) is 0. The lowest BCUT2D eigenvalue weighted by atomic mass is 9.99. The lowest BCUT2D eigenvalue weighted by molar-refractivity contribution is -0.161. The Kier molecular flexibility index (Phi) is 73.1. The van der Waals surface area contributed by atoms with E-state index in [1.54, 1.807) is 0 Å². The Labute approximate surface area is 626 Å². The standard InChI is InChI=1S/C83H162O17P2/c1-7-11-13-15-17-19-21-23-25-27-29-30-32-34-36-38-43-47-55-61-67-82(87)99-78(71-93-80(85)65-59-53-46-42-37-35-33-31-28-26-24-22-20-18-16-14-12-8-2)73-97-101(89,90)95-69-77(84)70-96-102(91,92)98-74-79(72-94-81(86)66-60-54-50-49-52-58-64-76(6)10-4)100-83(88)68-62-56-48-44-40-39-41-45-51-57-63-75(5)9-3/h75-79,84H,7-74H2,1-6H3,(H,89,90)(H,91,92)/t75?,76?,77-,78-,79-/m1/s1. The zero-order valence-electron chi connectivity index (χ0n) is 66.9. The van der Waals surface area contributed by atoms with Crippen LogP contribution >= 0.6 is 15.6 Å². The van der Waals surface area contributed by atoms with Crippen LogP contribution in [0.25, 0.3) is 0 Å². The molecule has 102 heavy (non-hydrogen) atoms. The van der Waals surface area contributed by atoms with Crippen LogP contribution in [0.2, 0.25) is 0 Å². The molecule has 0 saturated carbocycles. The zero-order valence-corrected chi connectivity index (χ0v) is 68.7. The van der Waals surface area contributed by atoms with Gasteiger partial charge in [-0.15, -0.1) is 0 Å². The molecule has 17 nitrogen and oxygen atoms in total. The third-order valence-electron chi connectivity index (χ3n) is 20.2. The molecule has 3 N–H and O–H groups in total. The Balaban J connectivity index is 5.24. The Hall–Kier alpha value is -1.94. The van der Waals surface area contributed by atoms with Crippen LogP contribution in [-0.2, 0) is 65.4 Å². The minimum atomic E-state index is -4.96. The van der Waals surface area contributed by atoms with Gasteiger partial charge in [-0.25, -0.2) is 9.13 Å². The van der Waals surface area contributed by atoms with Gasteiger partial charge in [0.15, 0.2) is 12.2 Å². The van der Waals surface area contributed by atoms with Crippen molar-refractivity contribution in [2.24, 2.45) is 11.8 Å². The third-order valence-corrected chi connectivity index (χ3v) is 22.1. The molecule has 606 valence electrons. The van der Waals surface area contributed by atoms with Gasteiger partial charge in [0.2, 0.25) is 0 Å². The molecule has 0 amide bonds. The number of hydrogen-bond donors (Lipinski definition) is 3. The zero-order chi connectivity index (χ0) is 74.9. The first-order valence-corrected chi connectivity index (χ1v) is 46.1. The van der Waals surface area contributed by atoms with Crippen molar-refractivity contribution in [2.75, 3.05) is 39.6 Å². The van der Waals surface area contributed by atoms with Crippen LogP contribution in [0.3, 0.4) is 0 Å². The smallest absolute Gasteiger partial charge is 0.462 e. The quantitative estimate of drug-likeness (QED) is 0.0222. The fourth-order valence-corrected chi connectivity index (χ4v) is 14.4. The van der Waals surface area contributed by atoms with Gasteiger partial charge in [0.25, 0.3) is 0 Å². The van der Waals surface area contributed by atoms with Crippen molar-refractivity contribution >= 4 is 39.5 Å². The normalized spacial score (nSPS) is 14.4. The fraction of sp³-hybridized carbons (Fsp3) is 0.952. The van der Waals surface area contributed by atoms with Crippen molar-refractivity contribution in [3.8, 4) is 0 Å². The molecule has 19 heteroatoms. The van der Waals surface area contributed by atoms with Crippen LogP contribution in [0.1, 0.15) is 440 Å². The van der Waals surface area contributed by atoms with Crippen LogP contribution in [0.5, 0.6) is 0 Å². The first-order valence-electron chi connectivity index (χ1n) is 43.1. The second-order valence-electron chi connectivity index (χ2n) is 30.4. The molecule has 0 spiro atoms. The molecule has 0 aromatic carbocycles. The van der Waals surface area contributed by atoms with Gasteiger partial charge in [0.1, 0.15) is 19.3 Å². The van der Waals surface area contributed by atoms with E-state index in [0.29, 0.717) is 25.7 Å². The number of ether oxygens (including phenoxy) is 4. The summed E-state index contributed by atoms with van der Waals surface area (Å²) in [5, 5.41) is 10.7. The van der Waals surface area contributed by atoms with Crippen molar-refractivity contribution in [1.29, 1.82) is 0 Å². The summed E-state index contributed by atoms with van der Waals surface area (Å²) in [4.78, 5) is 73.1. The Morgan fingerprint density at radius 2 is 0.471 bits per heavy atom. The predicted octanol–water partition coefficient (Wildman–Crippen LogP) is 25.1. The summed E-state index contributed by atoms with van der Waals surface area (Å²) in [6.07, 6.45) is 65.3. The molecule has 7 atom stereocenters. The molecule has 0 heterocycles. The van der Waals surface area contributed by atoms with E-state index < -0.39 is 97.5 Å². The maximum Gasteiger partial charge on any atom is 0.472 e. The second-order valence-corrected chi connectivity index (χ2v) is 33.3. The highest BCUT2D eigenvalue weighted by Crippen LogP contribution is 2.45. The molecule has 0 aromatic heterocycles. The largest absolute Gasteiger partial charge is 0.472 e. The van der Waals surface area contributed by atoms with E-state index in [1.807, 2.05) is 0 Å². The highest BCUT2D eigenvalue weighted by Gasteiger charge is 2.30. The molecular formula is C83H162O17P2. The van der Waals surface area contributed by atoms with Crippen LogP contribution in [0, 0.1) is 11.8 Å². The van der Waals surface area contributed by atoms with E-state index in [2.05, 4.69) is 41.5 Å². The molecule has 0 radical (unpaired) electrons. The van der Waals surface area contributed by atoms with Crippen LogP contribution in [-0.4, -0.2) is 96.7 Å². The molecule has 0 saturated heterocycles. The average Bonchev–Trinajstić information content (AvgIpc) is 0.934. The van der Waals surface area contributed by atoms with Gasteiger partial charge >= 0.3 is 39.5 Å². The van der Waals surface area contributed by atoms with E-state index >= 15 is 0 Å². The van der Waals surface area contributed by atoms with Crippen LogP contribution in [0.4, 0.5) is 0 Å². The first kappa shape index (κ1) is 100. The molecule has 0 aliphatic rings. The summed E-state index contributed by atoms with van der Waals surface area (Å²) < 4.78 is 68.8. The molecule has 0 aliphatic heterocycles. The number of phosphoric ester groups is 2. The number of esters is 4. The van der Waals surface area contributed by atoms with Gasteiger partial charge in [-0.1, -0.05) is 388 Å². The summed E-state index contributed by atoms with van der Waals surface area (Å²) in [6.45, 7) is 9.63. The molecule has 0 rings (SSSR count). The highest BCUT2D eigenvalue weighted by atomic mass is 31.2. The summed E-state index contributed by atoms with van der Waals surface area (Å²) in [6, 6.07) is 0. The lowest BCUT2D eigenvalue weighted by Crippen LogP contribution is -2.30. The number of aliphatic hydroxyl groups excluding tert-OH is 1. The van der Waals surface area contributed by atoms with Gasteiger partial charge in [-0.3, -0.25) is 37.3 Å². The van der Waals surface area contributed by atoms with E-state index in [4.69, 9.17) is 37.0 Å². The monoisotopic (exact) mass is 1490 g/mol. The van der Waals surface area contributed by atoms with Crippen molar-refractivity contribution < 1.29 is 80.2 Å². The summed E-state index contributed by atoms with van der Waals surface area (Å²) >= 11 is 0. The maximum absolute atomic E-state index is 13.1. The Morgan fingerprint density at radius 3 is 0.696 bits per heavy atom. The number of aliphatic hydroxyl groups is 1. The SMILES string of the molecule is CCCCCCCCCCCCCCCCCCCCCCC(=O)O[C@H](COC(=O)CCCCCCCCCCCCCCCCCCCC)COP(=O)(O)OC[C@@H](O)COP(=O)(O)OC[C@@H](COC(=O)CCCCCCCCC(C)CC)OC(=O)CCCCCCCCCCCCC(C)CC. The number of rotatable bonds is 82. The summed E-state index contributed by atoms with van der Waals surface area (Å²) in [7, 11) is -9.92. The lowest BCUT2D eigenvalue weighted by Gasteiger charge is -2.21. The van der Waals surface area contributed by atoms with Gasteiger partial charge < -0.3 is 33.8 Å². The topological polar surface area (TPSA) is 237 Å². The van der Waals surface area contributed by atoms with Gasteiger partial charge in [0, 0.05) is 25.7 Å². The number of phosphoric acid groups is 2. The first-order chi connectivity index (χ1) is 49.4. The number of carbonyl (C=O) groups is 4. The van der Waals surface area contributed by atoms with Gasteiger partial charge in [-0.05, 0) is 37.5 Å². The van der Waals surface area contributed by atoms with E-state index in [1.165, 1.54) is 250 Å².